The molecule has 0 radical (unpaired) electrons. The Balaban J connectivity index is 1.59. The van der Waals surface area contributed by atoms with Crippen molar-refractivity contribution in [3.63, 3.8) is 0 Å². The van der Waals surface area contributed by atoms with Crippen molar-refractivity contribution in [1.29, 1.82) is 0 Å². The fourth-order valence-electron chi connectivity index (χ4n) is 3.11. The van der Waals surface area contributed by atoms with Crippen molar-refractivity contribution in [3.8, 4) is 11.5 Å². The van der Waals surface area contributed by atoms with Crippen molar-refractivity contribution in [2.45, 2.75) is 6.42 Å². The molecule has 2 amide bonds. The number of amides is 2. The Morgan fingerprint density at radius 2 is 1.93 bits per heavy atom. The van der Waals surface area contributed by atoms with Crippen molar-refractivity contribution in [2.24, 2.45) is 5.92 Å². The number of methoxy groups -OCH3 is 2. The van der Waals surface area contributed by atoms with Crippen LogP contribution < -0.4 is 19.7 Å². The second-order valence-corrected chi connectivity index (χ2v) is 6.58. The van der Waals surface area contributed by atoms with Gasteiger partial charge >= 0.3 is 5.97 Å². The topological polar surface area (TPSA) is 94.2 Å². The molecule has 9 heteroatoms. The van der Waals surface area contributed by atoms with Gasteiger partial charge in [0.1, 0.15) is 17.3 Å². The maximum atomic E-state index is 13.6. The summed E-state index contributed by atoms with van der Waals surface area (Å²) in [5.41, 5.74) is 0.503. The summed E-state index contributed by atoms with van der Waals surface area (Å²) in [6, 6.07) is 10.7. The Bertz CT molecular complexity index is 964. The third-order valence-corrected chi connectivity index (χ3v) is 4.63. The van der Waals surface area contributed by atoms with Crippen LogP contribution in [-0.4, -0.2) is 45.2 Å². The zero-order valence-electron chi connectivity index (χ0n) is 16.5. The summed E-state index contributed by atoms with van der Waals surface area (Å²) in [7, 11) is 2.99. The van der Waals surface area contributed by atoms with E-state index in [9.17, 15) is 18.8 Å². The van der Waals surface area contributed by atoms with Crippen molar-refractivity contribution >= 4 is 29.2 Å². The van der Waals surface area contributed by atoms with Gasteiger partial charge in [0.05, 0.1) is 31.5 Å². The van der Waals surface area contributed by atoms with Crippen molar-refractivity contribution in [1.82, 2.24) is 0 Å². The Morgan fingerprint density at radius 3 is 2.63 bits per heavy atom. The highest BCUT2D eigenvalue weighted by Gasteiger charge is 2.37. The van der Waals surface area contributed by atoms with Crippen LogP contribution in [0.3, 0.4) is 0 Å². The van der Waals surface area contributed by atoms with Crippen LogP contribution in [0, 0.1) is 11.7 Å². The Hall–Kier alpha value is -3.62. The molecular weight excluding hydrogens is 395 g/mol. The number of carbonyl (C=O) groups excluding carboxylic acids is 3. The minimum Gasteiger partial charge on any atom is -0.497 e. The molecule has 158 valence electrons. The third kappa shape index (κ3) is 4.68. The molecule has 1 atom stereocenters. The summed E-state index contributed by atoms with van der Waals surface area (Å²) >= 11 is 0. The van der Waals surface area contributed by atoms with Crippen LogP contribution in [0.2, 0.25) is 0 Å². The molecule has 1 fully saturated rings. The monoisotopic (exact) mass is 416 g/mol. The van der Waals surface area contributed by atoms with E-state index >= 15 is 0 Å². The lowest BCUT2D eigenvalue weighted by molar-refractivity contribution is -0.151. The lowest BCUT2D eigenvalue weighted by Crippen LogP contribution is -2.28. The van der Waals surface area contributed by atoms with Gasteiger partial charge in [0, 0.05) is 19.0 Å². The number of esters is 1. The van der Waals surface area contributed by atoms with Gasteiger partial charge in [0.2, 0.25) is 5.91 Å². The zero-order valence-corrected chi connectivity index (χ0v) is 16.5. The predicted molar refractivity (Wildman–Crippen MR) is 106 cm³/mol. The average Bonchev–Trinajstić information content (AvgIpc) is 3.14. The van der Waals surface area contributed by atoms with Gasteiger partial charge in [-0.3, -0.25) is 14.4 Å². The fraction of sp³-hybridized carbons (Fsp3) is 0.286. The molecule has 0 spiro atoms. The first-order valence-electron chi connectivity index (χ1n) is 9.16. The molecule has 2 aromatic carbocycles. The Morgan fingerprint density at radius 1 is 1.17 bits per heavy atom. The van der Waals surface area contributed by atoms with Crippen LogP contribution in [0.5, 0.6) is 11.5 Å². The van der Waals surface area contributed by atoms with Crippen molar-refractivity contribution in [2.75, 3.05) is 37.6 Å². The number of nitrogens with one attached hydrogen (secondary N) is 1. The molecule has 0 aromatic heterocycles. The highest BCUT2D eigenvalue weighted by atomic mass is 19.1. The van der Waals surface area contributed by atoms with Gasteiger partial charge < -0.3 is 24.4 Å². The minimum atomic E-state index is -0.731. The second-order valence-electron chi connectivity index (χ2n) is 6.58. The number of benzene rings is 2. The lowest BCUT2D eigenvalue weighted by Gasteiger charge is -2.20. The smallest absolute Gasteiger partial charge is 0.311 e. The van der Waals surface area contributed by atoms with E-state index in [1.54, 1.807) is 24.3 Å². The predicted octanol–water partition coefficient (Wildman–Crippen LogP) is 2.38. The number of hydrogen-bond donors (Lipinski definition) is 1. The quantitative estimate of drug-likeness (QED) is 0.697. The van der Waals surface area contributed by atoms with Crippen LogP contribution in [0.1, 0.15) is 6.42 Å². The van der Waals surface area contributed by atoms with E-state index in [-0.39, 0.29) is 24.6 Å². The Kier molecular flexibility index (Phi) is 6.51. The van der Waals surface area contributed by atoms with E-state index in [2.05, 4.69) is 5.32 Å². The van der Waals surface area contributed by atoms with E-state index in [0.29, 0.717) is 17.2 Å². The Labute approximate surface area is 172 Å². The van der Waals surface area contributed by atoms with Crippen molar-refractivity contribution < 1.29 is 33.0 Å². The van der Waals surface area contributed by atoms with E-state index in [4.69, 9.17) is 14.2 Å². The van der Waals surface area contributed by atoms with Gasteiger partial charge in [-0.15, -0.1) is 0 Å². The highest BCUT2D eigenvalue weighted by Crippen LogP contribution is 2.36. The fourth-order valence-corrected chi connectivity index (χ4v) is 3.11. The summed E-state index contributed by atoms with van der Waals surface area (Å²) < 4.78 is 29.1. The molecule has 0 aliphatic carbocycles. The molecule has 30 heavy (non-hydrogen) atoms. The molecule has 3 rings (SSSR count). The summed E-state index contributed by atoms with van der Waals surface area (Å²) in [4.78, 5) is 38.1. The number of hydrogen-bond acceptors (Lipinski definition) is 6. The molecule has 1 aliphatic rings. The minimum absolute atomic E-state index is 0.00707. The second kappa shape index (κ2) is 9.25. The number of anilines is 2. The molecule has 2 aromatic rings. The maximum absolute atomic E-state index is 13.6. The number of halogens is 1. The van der Waals surface area contributed by atoms with Gasteiger partial charge in [-0.05, 0) is 24.3 Å². The molecule has 1 saturated heterocycles. The number of nitrogens with zero attached hydrogens (tertiary/aromatic N) is 1. The molecule has 0 unspecified atom stereocenters. The number of ether oxygens (including phenoxy) is 3. The standard InChI is InChI=1S/C21H21FN2O6/c1-28-14-7-8-17(18(10-14)29-2)24-11-13(9-20(24)26)21(27)30-12-19(25)23-16-6-4-3-5-15(16)22/h3-8,10,13H,9,11-12H2,1-2H3,(H,23,25)/t13-/m0/s1. The van der Waals surface area contributed by atoms with Gasteiger partial charge in [-0.1, -0.05) is 12.1 Å². The third-order valence-electron chi connectivity index (χ3n) is 4.63. The van der Waals surface area contributed by atoms with E-state index in [0.717, 1.165) is 0 Å². The first kappa shape index (κ1) is 21.1. The molecule has 1 N–H and O–H groups in total. The summed E-state index contributed by atoms with van der Waals surface area (Å²) in [6.07, 6.45) is -0.0526. The first-order valence-corrected chi connectivity index (χ1v) is 9.16. The van der Waals surface area contributed by atoms with Gasteiger partial charge in [0.25, 0.3) is 5.91 Å². The highest BCUT2D eigenvalue weighted by molar-refractivity contribution is 6.01. The van der Waals surface area contributed by atoms with Crippen LogP contribution >= 0.6 is 0 Å². The van der Waals surface area contributed by atoms with Gasteiger partial charge in [-0.2, -0.15) is 0 Å². The van der Waals surface area contributed by atoms with Crippen LogP contribution in [0.15, 0.2) is 42.5 Å². The maximum Gasteiger partial charge on any atom is 0.311 e. The van der Waals surface area contributed by atoms with Gasteiger partial charge in [0.15, 0.2) is 6.61 Å². The summed E-state index contributed by atoms with van der Waals surface area (Å²) in [5, 5.41) is 2.33. The van der Waals surface area contributed by atoms with Gasteiger partial charge in [-0.25, -0.2) is 4.39 Å². The zero-order chi connectivity index (χ0) is 21.7. The molecule has 1 heterocycles. The molecule has 0 bridgehead atoms. The SMILES string of the molecule is COc1ccc(N2C[C@@H](C(=O)OCC(=O)Nc3ccccc3F)CC2=O)c(OC)c1. The summed E-state index contributed by atoms with van der Waals surface area (Å²) in [5.74, 6) is -1.95. The van der Waals surface area contributed by atoms with E-state index in [1.807, 2.05) is 0 Å². The molecule has 1 aliphatic heterocycles. The molecule has 8 nitrogen and oxygen atoms in total. The van der Waals surface area contributed by atoms with E-state index in [1.165, 1.54) is 37.3 Å². The van der Waals surface area contributed by atoms with Crippen LogP contribution in [0.25, 0.3) is 0 Å². The first-order chi connectivity index (χ1) is 14.4. The number of rotatable bonds is 7. The van der Waals surface area contributed by atoms with Crippen LogP contribution in [0.4, 0.5) is 15.8 Å². The largest absolute Gasteiger partial charge is 0.497 e. The summed E-state index contributed by atoms with van der Waals surface area (Å²) in [6.45, 7) is -0.487. The average molecular weight is 416 g/mol. The van der Waals surface area contributed by atoms with Crippen molar-refractivity contribution in [3.05, 3.63) is 48.3 Å². The van der Waals surface area contributed by atoms with E-state index < -0.39 is 30.2 Å². The number of para-hydroxylation sites is 1. The molecular formula is C21H21FN2O6. The lowest BCUT2D eigenvalue weighted by atomic mass is 10.1. The molecule has 0 saturated carbocycles. The normalized spacial score (nSPS) is 15.6. The number of carbonyl (C=O) groups is 3. The van der Waals surface area contributed by atoms with Crippen LogP contribution in [-0.2, 0) is 19.1 Å².